The van der Waals surface area contributed by atoms with Crippen LogP contribution in [-0.4, -0.2) is 37.7 Å². The molecule has 0 radical (unpaired) electrons. The topological polar surface area (TPSA) is 79.4 Å². The molecule has 0 aromatic carbocycles. The molecule has 24 heavy (non-hydrogen) atoms. The summed E-state index contributed by atoms with van der Waals surface area (Å²) in [5, 5.41) is 7.07. The molecule has 1 aliphatic rings. The number of rotatable bonds is 3. The molecule has 3 aromatic heterocycles. The van der Waals surface area contributed by atoms with E-state index < -0.39 is 0 Å². The summed E-state index contributed by atoms with van der Waals surface area (Å²) in [6.07, 6.45) is 2.01. The molecule has 1 saturated heterocycles. The lowest BCUT2D eigenvalue weighted by atomic mass is 9.93. The van der Waals surface area contributed by atoms with Gasteiger partial charge in [0.15, 0.2) is 5.65 Å². The first kappa shape index (κ1) is 15.1. The van der Waals surface area contributed by atoms with Crippen molar-refractivity contribution >= 4 is 5.65 Å². The molecule has 0 spiro atoms. The van der Waals surface area contributed by atoms with E-state index in [0.717, 1.165) is 55.3 Å². The first-order valence-electron chi connectivity index (χ1n) is 8.32. The highest BCUT2D eigenvalue weighted by Crippen LogP contribution is 2.27. The summed E-state index contributed by atoms with van der Waals surface area (Å²) in [7, 11) is 0. The largest absolute Gasteiger partial charge is 0.361 e. The fourth-order valence-corrected chi connectivity index (χ4v) is 3.45. The van der Waals surface area contributed by atoms with Gasteiger partial charge in [0.2, 0.25) is 0 Å². The van der Waals surface area contributed by atoms with Crippen molar-refractivity contribution in [2.75, 3.05) is 13.1 Å². The van der Waals surface area contributed by atoms with Crippen LogP contribution in [0.3, 0.4) is 0 Å². The maximum absolute atomic E-state index is 12.2. The van der Waals surface area contributed by atoms with Crippen molar-refractivity contribution in [1.82, 2.24) is 24.7 Å². The van der Waals surface area contributed by atoms with E-state index in [2.05, 4.69) is 20.1 Å². The van der Waals surface area contributed by atoms with Crippen molar-refractivity contribution in [1.29, 1.82) is 0 Å². The van der Waals surface area contributed by atoms with Crippen LogP contribution in [0, 0.1) is 13.8 Å². The molecular weight excluding hydrogens is 306 g/mol. The highest BCUT2D eigenvalue weighted by Gasteiger charge is 2.23. The quantitative estimate of drug-likeness (QED) is 0.796. The predicted octanol–water partition coefficient (Wildman–Crippen LogP) is 2.01. The van der Waals surface area contributed by atoms with Crippen LogP contribution in [0.4, 0.5) is 0 Å². The zero-order chi connectivity index (χ0) is 16.7. The molecule has 0 amide bonds. The second kappa shape index (κ2) is 5.90. The standard InChI is InChI=1S/C17H21N5O2/c1-11-7-16-18-15(9-17(23)22(16)19-11)13-3-5-21(6-4-13)10-14-8-12(2)24-20-14/h7-9,13,19H,3-6,10H2,1-2H3. The van der Waals surface area contributed by atoms with Gasteiger partial charge in [0.1, 0.15) is 5.76 Å². The van der Waals surface area contributed by atoms with Crippen LogP contribution < -0.4 is 5.56 Å². The maximum atomic E-state index is 12.2. The average molecular weight is 327 g/mol. The van der Waals surface area contributed by atoms with Crippen molar-refractivity contribution in [3.63, 3.8) is 0 Å². The second-order valence-electron chi connectivity index (χ2n) is 6.63. The number of aromatic amines is 1. The van der Waals surface area contributed by atoms with Gasteiger partial charge in [0.25, 0.3) is 5.56 Å². The lowest BCUT2D eigenvalue weighted by Gasteiger charge is -2.30. The summed E-state index contributed by atoms with van der Waals surface area (Å²) in [6, 6.07) is 5.56. The Labute approximate surface area is 139 Å². The van der Waals surface area contributed by atoms with Gasteiger partial charge in [-0.25, -0.2) is 9.50 Å². The maximum Gasteiger partial charge on any atom is 0.272 e. The molecular formula is C17H21N5O2. The lowest BCUT2D eigenvalue weighted by Crippen LogP contribution is -2.33. The van der Waals surface area contributed by atoms with Gasteiger partial charge in [-0.15, -0.1) is 0 Å². The highest BCUT2D eigenvalue weighted by molar-refractivity contribution is 5.39. The Kier molecular flexibility index (Phi) is 3.72. The molecule has 0 unspecified atom stereocenters. The Morgan fingerprint density at radius 2 is 2.04 bits per heavy atom. The summed E-state index contributed by atoms with van der Waals surface area (Å²) in [4.78, 5) is 19.3. The van der Waals surface area contributed by atoms with Crippen LogP contribution >= 0.6 is 0 Å². The third kappa shape index (κ3) is 2.87. The van der Waals surface area contributed by atoms with Gasteiger partial charge in [-0.1, -0.05) is 5.16 Å². The van der Waals surface area contributed by atoms with Crippen LogP contribution in [-0.2, 0) is 6.54 Å². The Balaban J connectivity index is 1.46. The normalized spacial score (nSPS) is 16.9. The van der Waals surface area contributed by atoms with Gasteiger partial charge in [0, 0.05) is 36.4 Å². The predicted molar refractivity (Wildman–Crippen MR) is 89.0 cm³/mol. The van der Waals surface area contributed by atoms with Gasteiger partial charge >= 0.3 is 0 Å². The van der Waals surface area contributed by atoms with Crippen molar-refractivity contribution in [3.05, 3.63) is 51.4 Å². The Morgan fingerprint density at radius 1 is 1.25 bits per heavy atom. The SMILES string of the molecule is Cc1cc2nc(C3CCN(Cc4cc(C)on4)CC3)cc(=O)n2[nH]1. The summed E-state index contributed by atoms with van der Waals surface area (Å²) >= 11 is 0. The Bertz CT molecular complexity index is 915. The van der Waals surface area contributed by atoms with Crippen molar-refractivity contribution < 1.29 is 4.52 Å². The van der Waals surface area contributed by atoms with Gasteiger partial charge in [-0.3, -0.25) is 14.8 Å². The number of fused-ring (bicyclic) bond motifs is 1. The van der Waals surface area contributed by atoms with E-state index in [1.54, 1.807) is 6.07 Å². The van der Waals surface area contributed by atoms with Crippen LogP contribution in [0.25, 0.3) is 5.65 Å². The second-order valence-corrected chi connectivity index (χ2v) is 6.63. The summed E-state index contributed by atoms with van der Waals surface area (Å²) in [6.45, 7) is 6.60. The monoisotopic (exact) mass is 327 g/mol. The molecule has 0 bridgehead atoms. The Hall–Kier alpha value is -2.41. The summed E-state index contributed by atoms with van der Waals surface area (Å²) in [5.74, 6) is 1.19. The van der Waals surface area contributed by atoms with Gasteiger partial charge < -0.3 is 4.52 Å². The fourth-order valence-electron chi connectivity index (χ4n) is 3.45. The molecule has 1 fully saturated rings. The minimum absolute atomic E-state index is 0.0383. The minimum Gasteiger partial charge on any atom is -0.361 e. The first-order chi connectivity index (χ1) is 11.6. The molecule has 126 valence electrons. The number of likely N-dealkylation sites (tertiary alicyclic amines) is 1. The smallest absolute Gasteiger partial charge is 0.272 e. The number of aryl methyl sites for hydroxylation is 2. The van der Waals surface area contributed by atoms with Crippen molar-refractivity contribution in [2.45, 2.75) is 39.2 Å². The van der Waals surface area contributed by atoms with Gasteiger partial charge in [-0.2, -0.15) is 0 Å². The number of piperidine rings is 1. The first-order valence-corrected chi connectivity index (χ1v) is 8.32. The van der Waals surface area contributed by atoms with E-state index in [-0.39, 0.29) is 5.56 Å². The fraction of sp³-hybridized carbons (Fsp3) is 0.471. The number of nitrogens with zero attached hydrogens (tertiary/aromatic N) is 4. The Morgan fingerprint density at radius 3 is 2.75 bits per heavy atom. The molecule has 4 heterocycles. The lowest BCUT2D eigenvalue weighted by molar-refractivity contribution is 0.198. The van der Waals surface area contributed by atoms with Crippen LogP contribution in [0.5, 0.6) is 0 Å². The minimum atomic E-state index is -0.0383. The zero-order valence-corrected chi connectivity index (χ0v) is 14.0. The zero-order valence-electron chi connectivity index (χ0n) is 14.0. The van der Waals surface area contributed by atoms with Crippen molar-refractivity contribution in [3.8, 4) is 0 Å². The number of hydrogen-bond donors (Lipinski definition) is 1. The molecule has 1 N–H and O–H groups in total. The van der Waals surface area contributed by atoms with Gasteiger partial charge in [0.05, 0.1) is 11.4 Å². The molecule has 1 aliphatic heterocycles. The van der Waals surface area contributed by atoms with Crippen LogP contribution in [0.1, 0.15) is 41.6 Å². The number of H-pyrrole nitrogens is 1. The molecule has 7 heteroatoms. The number of hydrogen-bond acceptors (Lipinski definition) is 5. The van der Waals surface area contributed by atoms with E-state index in [1.807, 2.05) is 26.0 Å². The van der Waals surface area contributed by atoms with E-state index in [9.17, 15) is 4.79 Å². The molecule has 0 aliphatic carbocycles. The van der Waals surface area contributed by atoms with Crippen molar-refractivity contribution in [2.24, 2.45) is 0 Å². The molecule has 0 atom stereocenters. The summed E-state index contributed by atoms with van der Waals surface area (Å²) in [5.41, 5.74) is 3.50. The van der Waals surface area contributed by atoms with Gasteiger partial charge in [-0.05, 0) is 39.8 Å². The average Bonchev–Trinajstić information content (AvgIpc) is 3.13. The van der Waals surface area contributed by atoms with E-state index in [0.29, 0.717) is 11.6 Å². The molecule has 0 saturated carbocycles. The summed E-state index contributed by atoms with van der Waals surface area (Å²) < 4.78 is 6.63. The highest BCUT2D eigenvalue weighted by atomic mass is 16.5. The number of nitrogens with one attached hydrogen (secondary N) is 1. The van der Waals surface area contributed by atoms with E-state index >= 15 is 0 Å². The van der Waals surface area contributed by atoms with E-state index in [4.69, 9.17) is 4.52 Å². The third-order valence-electron chi connectivity index (χ3n) is 4.67. The third-order valence-corrected chi connectivity index (χ3v) is 4.67. The molecule has 4 rings (SSSR count). The van der Waals surface area contributed by atoms with E-state index in [1.165, 1.54) is 4.52 Å². The number of aromatic nitrogens is 4. The van der Waals surface area contributed by atoms with Crippen LogP contribution in [0.15, 0.2) is 27.5 Å². The van der Waals surface area contributed by atoms with Crippen LogP contribution in [0.2, 0.25) is 0 Å². The molecule has 7 nitrogen and oxygen atoms in total. The molecule has 3 aromatic rings.